The Labute approximate surface area is 211 Å². The maximum Gasteiger partial charge on any atom is 0.266 e. The van der Waals surface area contributed by atoms with Gasteiger partial charge in [-0.15, -0.1) is 0 Å². The van der Waals surface area contributed by atoms with Crippen LogP contribution >= 0.6 is 0 Å². The number of carbonyl (C=O) groups is 1. The highest BCUT2D eigenvalue weighted by Gasteiger charge is 2.31. The van der Waals surface area contributed by atoms with Crippen molar-refractivity contribution in [2.75, 3.05) is 25.1 Å². The summed E-state index contributed by atoms with van der Waals surface area (Å²) in [5.74, 6) is -2.16. The number of aryl methyl sites for hydroxylation is 1. The van der Waals surface area contributed by atoms with Crippen LogP contribution in [-0.4, -0.2) is 56.8 Å². The lowest BCUT2D eigenvalue weighted by Gasteiger charge is -2.27. The number of anilines is 2. The molecular formula is C26H26F2N6O3. The van der Waals surface area contributed by atoms with Crippen LogP contribution in [0.1, 0.15) is 29.8 Å². The second-order valence-corrected chi connectivity index (χ2v) is 9.23. The topological polar surface area (TPSA) is 85.5 Å². The Balaban J connectivity index is 1.82. The van der Waals surface area contributed by atoms with Crippen molar-refractivity contribution in [3.63, 3.8) is 0 Å². The zero-order valence-corrected chi connectivity index (χ0v) is 20.9. The van der Waals surface area contributed by atoms with Crippen molar-refractivity contribution >= 4 is 28.6 Å². The quantitative estimate of drug-likeness (QED) is 0.381. The maximum absolute atomic E-state index is 15.6. The van der Waals surface area contributed by atoms with Crippen LogP contribution in [0, 0.1) is 11.6 Å². The van der Waals surface area contributed by atoms with Crippen LogP contribution in [0.2, 0.25) is 0 Å². The average molecular weight is 509 g/mol. The molecule has 0 bridgehead atoms. The zero-order valence-electron chi connectivity index (χ0n) is 20.9. The minimum absolute atomic E-state index is 0.0887. The Morgan fingerprint density at radius 2 is 1.95 bits per heavy atom. The van der Waals surface area contributed by atoms with Crippen molar-refractivity contribution in [2.45, 2.75) is 26.4 Å². The molecule has 1 aliphatic heterocycles. The lowest BCUT2D eigenvalue weighted by atomic mass is 10.0. The molecule has 0 aliphatic carbocycles. The summed E-state index contributed by atoms with van der Waals surface area (Å²) in [5.41, 5.74) is 1.03. The lowest BCUT2D eigenvalue weighted by Crippen LogP contribution is -2.34. The first-order chi connectivity index (χ1) is 17.7. The van der Waals surface area contributed by atoms with E-state index in [-0.39, 0.29) is 29.5 Å². The second kappa shape index (κ2) is 9.40. The molecule has 0 unspecified atom stereocenters. The number of halogens is 2. The van der Waals surface area contributed by atoms with Crippen LogP contribution < -0.4 is 15.2 Å². The lowest BCUT2D eigenvalue weighted by molar-refractivity contribution is 0.111. The smallest absolute Gasteiger partial charge is 0.266 e. The van der Waals surface area contributed by atoms with Gasteiger partial charge in [-0.2, -0.15) is 5.10 Å². The number of hydrogen-bond acceptors (Lipinski definition) is 7. The molecule has 0 N–H and O–H groups in total. The van der Waals surface area contributed by atoms with Crippen LogP contribution in [-0.2, 0) is 13.6 Å². The molecule has 0 radical (unpaired) electrons. The van der Waals surface area contributed by atoms with Crippen LogP contribution in [0.4, 0.5) is 20.2 Å². The van der Waals surface area contributed by atoms with Gasteiger partial charge in [0.05, 0.1) is 35.5 Å². The van der Waals surface area contributed by atoms with Crippen LogP contribution in [0.5, 0.6) is 5.75 Å². The zero-order chi connectivity index (χ0) is 26.4. The van der Waals surface area contributed by atoms with Crippen molar-refractivity contribution < 1.29 is 18.3 Å². The van der Waals surface area contributed by atoms with Gasteiger partial charge in [0.15, 0.2) is 23.7 Å². The van der Waals surface area contributed by atoms with Gasteiger partial charge in [-0.3, -0.25) is 23.7 Å². The number of methoxy groups -OCH3 is 1. The van der Waals surface area contributed by atoms with Gasteiger partial charge in [-0.1, -0.05) is 0 Å². The fraction of sp³-hybridized carbons (Fsp3) is 0.308. The highest BCUT2D eigenvalue weighted by molar-refractivity contribution is 5.90. The summed E-state index contributed by atoms with van der Waals surface area (Å²) < 4.78 is 39.2. The largest absolute Gasteiger partial charge is 0.494 e. The van der Waals surface area contributed by atoms with E-state index in [9.17, 15) is 9.59 Å². The van der Waals surface area contributed by atoms with E-state index in [1.54, 1.807) is 36.3 Å². The SMILES string of the molecule is COc1cc(C=O)c(F)c(N2CCN(C(C)C)Cc3c2ccc2ncn(-c4cnn(C)c4)c(=O)c32)c1F. The first-order valence-corrected chi connectivity index (χ1v) is 11.8. The van der Waals surface area contributed by atoms with E-state index in [4.69, 9.17) is 4.74 Å². The Kier molecular flexibility index (Phi) is 6.24. The van der Waals surface area contributed by atoms with Gasteiger partial charge in [-0.25, -0.2) is 13.8 Å². The number of ether oxygens (including phenoxy) is 1. The Morgan fingerprint density at radius 3 is 2.59 bits per heavy atom. The number of carbonyl (C=O) groups excluding carboxylic acids is 1. The van der Waals surface area contributed by atoms with E-state index in [1.807, 2.05) is 13.8 Å². The number of aromatic nitrogens is 4. The normalized spacial score (nSPS) is 14.2. The molecule has 192 valence electrons. The third-order valence-corrected chi connectivity index (χ3v) is 6.76. The van der Waals surface area contributed by atoms with Gasteiger partial charge in [0.25, 0.3) is 5.56 Å². The number of rotatable bonds is 5. The predicted molar refractivity (Wildman–Crippen MR) is 135 cm³/mol. The molecule has 0 spiro atoms. The van der Waals surface area contributed by atoms with Gasteiger partial charge in [0.1, 0.15) is 12.0 Å². The van der Waals surface area contributed by atoms with Crippen LogP contribution in [0.15, 0.2) is 41.7 Å². The second-order valence-electron chi connectivity index (χ2n) is 9.23. The molecule has 2 aromatic heterocycles. The summed E-state index contributed by atoms with van der Waals surface area (Å²) in [6.07, 6.45) is 5.04. The van der Waals surface area contributed by atoms with Gasteiger partial charge in [0, 0.05) is 50.2 Å². The van der Waals surface area contributed by atoms with Crippen molar-refractivity contribution in [3.8, 4) is 11.4 Å². The third-order valence-electron chi connectivity index (χ3n) is 6.76. The van der Waals surface area contributed by atoms with E-state index in [2.05, 4.69) is 15.0 Å². The van der Waals surface area contributed by atoms with E-state index in [1.165, 1.54) is 22.9 Å². The molecule has 1 aliphatic rings. The van der Waals surface area contributed by atoms with Crippen LogP contribution in [0.25, 0.3) is 16.6 Å². The van der Waals surface area contributed by atoms with E-state index < -0.39 is 17.3 Å². The third kappa shape index (κ3) is 4.05. The number of nitrogens with zero attached hydrogens (tertiary/aromatic N) is 6. The van der Waals surface area contributed by atoms with Crippen molar-refractivity contribution in [3.05, 3.63) is 70.0 Å². The molecule has 3 heterocycles. The highest BCUT2D eigenvalue weighted by Crippen LogP contribution is 2.40. The molecule has 0 saturated heterocycles. The molecule has 0 amide bonds. The minimum Gasteiger partial charge on any atom is -0.494 e. The summed E-state index contributed by atoms with van der Waals surface area (Å²) in [6, 6.07) is 4.50. The molecule has 0 fully saturated rings. The van der Waals surface area contributed by atoms with Crippen molar-refractivity contribution in [1.82, 2.24) is 24.2 Å². The molecule has 0 saturated carbocycles. The van der Waals surface area contributed by atoms with Crippen molar-refractivity contribution in [1.29, 1.82) is 0 Å². The predicted octanol–water partition coefficient (Wildman–Crippen LogP) is 3.58. The molecule has 37 heavy (non-hydrogen) atoms. The summed E-state index contributed by atoms with van der Waals surface area (Å²) in [7, 11) is 3.00. The Bertz CT molecular complexity index is 1580. The molecule has 4 aromatic rings. The summed E-state index contributed by atoms with van der Waals surface area (Å²) >= 11 is 0. The number of benzene rings is 2. The van der Waals surface area contributed by atoms with E-state index in [0.717, 1.165) is 6.07 Å². The van der Waals surface area contributed by atoms with Crippen molar-refractivity contribution in [2.24, 2.45) is 7.05 Å². The first kappa shape index (κ1) is 24.6. The average Bonchev–Trinajstić information content (AvgIpc) is 3.21. The van der Waals surface area contributed by atoms with Gasteiger partial charge < -0.3 is 9.64 Å². The molecule has 2 aromatic carbocycles. The molecule has 9 nitrogen and oxygen atoms in total. The monoisotopic (exact) mass is 508 g/mol. The van der Waals surface area contributed by atoms with Gasteiger partial charge in [0.2, 0.25) is 0 Å². The maximum atomic E-state index is 15.6. The Hall–Kier alpha value is -4.12. The molecular weight excluding hydrogens is 482 g/mol. The molecule has 11 heteroatoms. The molecule has 5 rings (SSSR count). The fourth-order valence-electron chi connectivity index (χ4n) is 4.79. The standard InChI is InChI=1S/C26H26F2N6O3/c1-15(2)32-7-8-33(25-23(27)16(13-35)9-21(37-4)24(25)28)20-6-5-19-22(18(20)12-32)26(36)34(14-29-19)17-10-30-31(3)11-17/h5-6,9-11,13-15H,7-8,12H2,1-4H3. The summed E-state index contributed by atoms with van der Waals surface area (Å²) in [4.78, 5) is 33.5. The van der Waals surface area contributed by atoms with E-state index in [0.29, 0.717) is 47.2 Å². The van der Waals surface area contributed by atoms with E-state index >= 15 is 8.78 Å². The molecule has 0 atom stereocenters. The van der Waals surface area contributed by atoms with Gasteiger partial charge in [-0.05, 0) is 32.0 Å². The first-order valence-electron chi connectivity index (χ1n) is 11.8. The number of aldehydes is 1. The van der Waals surface area contributed by atoms with Gasteiger partial charge >= 0.3 is 0 Å². The fourth-order valence-corrected chi connectivity index (χ4v) is 4.79. The summed E-state index contributed by atoms with van der Waals surface area (Å²) in [6.45, 7) is 5.07. The Morgan fingerprint density at radius 1 is 1.16 bits per heavy atom. The summed E-state index contributed by atoms with van der Waals surface area (Å²) in [5, 5.41) is 4.49. The number of fused-ring (bicyclic) bond motifs is 3. The number of hydrogen-bond donors (Lipinski definition) is 0. The highest BCUT2D eigenvalue weighted by atomic mass is 19.1. The van der Waals surface area contributed by atoms with Crippen LogP contribution in [0.3, 0.4) is 0 Å². The minimum atomic E-state index is -0.990.